The van der Waals surface area contributed by atoms with Gasteiger partial charge >= 0.3 is 0 Å². The van der Waals surface area contributed by atoms with Crippen LogP contribution in [0.3, 0.4) is 0 Å². The van der Waals surface area contributed by atoms with Crippen LogP contribution in [-0.4, -0.2) is 34.0 Å². The van der Waals surface area contributed by atoms with Crippen LogP contribution in [-0.2, 0) is 32.2 Å². The number of amides is 2. The van der Waals surface area contributed by atoms with Gasteiger partial charge in [0.25, 0.3) is 5.03 Å². The molecule has 0 bridgehead atoms. The number of nitrogens with one attached hydrogen (secondary N) is 2. The second-order valence-corrected chi connectivity index (χ2v) is 12.4. The predicted octanol–water partition coefficient (Wildman–Crippen LogP) is 5.50. The van der Waals surface area contributed by atoms with E-state index < -0.39 is 12.2 Å². The highest BCUT2D eigenvalue weighted by molar-refractivity contribution is 7.99. The average Bonchev–Trinajstić information content (AvgIpc) is 3.12. The summed E-state index contributed by atoms with van der Waals surface area (Å²) in [5.41, 5.74) is 7.18. The number of unbranched alkanes of at least 4 members (excludes halogenated alkanes) is 1. The summed E-state index contributed by atoms with van der Waals surface area (Å²) in [5.74, 6) is 0.0169. The minimum Gasteiger partial charge on any atom is -0.618 e. The lowest BCUT2D eigenvalue weighted by molar-refractivity contribution is -0.645. The van der Waals surface area contributed by atoms with E-state index in [-0.39, 0.29) is 31.1 Å². The zero-order valence-corrected chi connectivity index (χ0v) is 26.7. The summed E-state index contributed by atoms with van der Waals surface area (Å²) in [5, 5.41) is 33.9. The Morgan fingerprint density at radius 1 is 0.851 bits per heavy atom. The summed E-state index contributed by atoms with van der Waals surface area (Å²) in [6.07, 6.45) is 2.57. The first-order valence-electron chi connectivity index (χ1n) is 15.6. The smallest absolute Gasteiger partial charge is 0.251 e. The first kappa shape index (κ1) is 34.1. The molecule has 246 valence electrons. The van der Waals surface area contributed by atoms with E-state index in [1.165, 1.54) is 18.0 Å². The molecular weight excluding hydrogens is 618 g/mol. The Labute approximate surface area is 278 Å². The maximum absolute atomic E-state index is 12.3. The molecule has 3 atom stereocenters. The molecule has 0 radical (unpaired) electrons. The van der Waals surface area contributed by atoms with Gasteiger partial charge in [0.2, 0.25) is 11.8 Å². The second-order valence-electron chi connectivity index (χ2n) is 11.4. The molecule has 3 aromatic carbocycles. The number of carbonyl (C=O) groups excluding carboxylic acids is 2. The van der Waals surface area contributed by atoms with Crippen molar-refractivity contribution in [2.75, 3.05) is 5.75 Å². The van der Waals surface area contributed by atoms with Crippen molar-refractivity contribution in [3.63, 3.8) is 0 Å². The molecule has 0 saturated carbocycles. The van der Waals surface area contributed by atoms with Crippen molar-refractivity contribution in [1.82, 2.24) is 10.8 Å². The number of thioether (sulfide) groups is 1. The highest BCUT2D eigenvalue weighted by Crippen LogP contribution is 2.40. The highest BCUT2D eigenvalue weighted by atomic mass is 32.2. The van der Waals surface area contributed by atoms with Gasteiger partial charge in [-0.25, -0.2) is 5.48 Å². The standard InChI is InChI=1S/C36H39N3O7S/c40-23-25-14-16-27(17-15-25)32-21-31(24-47-35-13-3-4-18-39(35)44)45-36(46-32)30-10-6-9-29(20-30)28-8-5-7-26(19-28)22-37-33(41)11-1-2-12-34(42)38-43/h3-10,13-20,31-32,36,40,43H,1-2,11-12,21-24H2,(H,37,41)(H,38,42)/t31-,32+,36+/m0/s1. The Hall–Kier alpha value is -4.26. The van der Waals surface area contributed by atoms with Crippen LogP contribution < -0.4 is 15.5 Å². The van der Waals surface area contributed by atoms with Gasteiger partial charge in [-0.15, -0.1) is 0 Å². The molecule has 11 heteroatoms. The molecule has 2 heterocycles. The summed E-state index contributed by atoms with van der Waals surface area (Å²) in [6.45, 7) is 0.343. The number of aliphatic hydroxyl groups excluding tert-OH is 1. The van der Waals surface area contributed by atoms with Gasteiger partial charge < -0.3 is 25.1 Å². The number of pyridine rings is 1. The third kappa shape index (κ3) is 9.87. The lowest BCUT2D eigenvalue weighted by Gasteiger charge is -2.36. The predicted molar refractivity (Wildman–Crippen MR) is 177 cm³/mol. The minimum atomic E-state index is -0.641. The number of hydrogen-bond acceptors (Lipinski definition) is 8. The van der Waals surface area contributed by atoms with Crippen molar-refractivity contribution >= 4 is 23.6 Å². The van der Waals surface area contributed by atoms with Crippen LogP contribution in [0.2, 0.25) is 0 Å². The van der Waals surface area contributed by atoms with Gasteiger partial charge in [-0.3, -0.25) is 14.8 Å². The zero-order chi connectivity index (χ0) is 33.0. The molecule has 4 N–H and O–H groups in total. The van der Waals surface area contributed by atoms with Gasteiger partial charge in [0.15, 0.2) is 12.5 Å². The molecule has 1 saturated heterocycles. The number of nitrogens with zero attached hydrogens (tertiary/aromatic N) is 1. The van der Waals surface area contributed by atoms with Crippen molar-refractivity contribution in [2.24, 2.45) is 0 Å². The summed E-state index contributed by atoms with van der Waals surface area (Å²) >= 11 is 1.45. The molecule has 2 amide bonds. The highest BCUT2D eigenvalue weighted by Gasteiger charge is 2.33. The maximum atomic E-state index is 12.3. The van der Waals surface area contributed by atoms with E-state index in [1.807, 2.05) is 72.8 Å². The van der Waals surface area contributed by atoms with E-state index in [2.05, 4.69) is 11.4 Å². The SMILES string of the molecule is O=C(CCCCC(=O)NCc1cccc(-c2cccc([C@@H]3O[C@H](CSc4cccc[n+]4[O-])C[C@H](c4ccc(CO)cc4)O3)c2)c1)NO. The van der Waals surface area contributed by atoms with Gasteiger partial charge in [-0.1, -0.05) is 72.4 Å². The topological polar surface area (TPSA) is 144 Å². The third-order valence-electron chi connectivity index (χ3n) is 7.91. The maximum Gasteiger partial charge on any atom is 0.251 e. The van der Waals surface area contributed by atoms with Crippen LogP contribution in [0.1, 0.15) is 66.8 Å². The molecule has 5 rings (SSSR count). The largest absolute Gasteiger partial charge is 0.618 e. The van der Waals surface area contributed by atoms with Crippen LogP contribution in [0, 0.1) is 5.21 Å². The summed E-state index contributed by atoms with van der Waals surface area (Å²) < 4.78 is 13.9. The fourth-order valence-electron chi connectivity index (χ4n) is 5.37. The molecule has 47 heavy (non-hydrogen) atoms. The number of aliphatic hydroxyl groups is 1. The fraction of sp³-hybridized carbons (Fsp3) is 0.306. The quantitative estimate of drug-likeness (QED) is 0.0348. The summed E-state index contributed by atoms with van der Waals surface area (Å²) in [7, 11) is 0. The van der Waals surface area contributed by atoms with Crippen molar-refractivity contribution in [3.8, 4) is 11.1 Å². The number of rotatable bonds is 14. The minimum absolute atomic E-state index is 0.0309. The van der Waals surface area contributed by atoms with E-state index in [0.29, 0.717) is 43.0 Å². The normalized spacial score (nSPS) is 17.6. The van der Waals surface area contributed by atoms with Crippen LogP contribution >= 0.6 is 11.8 Å². The van der Waals surface area contributed by atoms with Crippen LogP contribution in [0.5, 0.6) is 0 Å². The van der Waals surface area contributed by atoms with Gasteiger partial charge in [-0.05, 0) is 58.9 Å². The van der Waals surface area contributed by atoms with Crippen LogP contribution in [0.25, 0.3) is 11.1 Å². The fourth-order valence-corrected chi connectivity index (χ4v) is 6.30. The third-order valence-corrected chi connectivity index (χ3v) is 9.06. The van der Waals surface area contributed by atoms with Gasteiger partial charge in [-0.2, -0.15) is 4.73 Å². The lowest BCUT2D eigenvalue weighted by Crippen LogP contribution is -2.32. The van der Waals surface area contributed by atoms with E-state index in [0.717, 1.165) is 38.1 Å². The van der Waals surface area contributed by atoms with Crippen LogP contribution in [0.4, 0.5) is 0 Å². The number of benzene rings is 3. The molecule has 1 aliphatic heterocycles. The lowest BCUT2D eigenvalue weighted by atomic mass is 9.99. The Bertz CT molecular complexity index is 1640. The first-order chi connectivity index (χ1) is 22.9. The molecule has 10 nitrogen and oxygen atoms in total. The molecule has 4 aromatic rings. The number of ether oxygens (including phenoxy) is 2. The van der Waals surface area contributed by atoms with Crippen molar-refractivity contribution in [1.29, 1.82) is 0 Å². The Morgan fingerprint density at radius 3 is 2.34 bits per heavy atom. The number of hydroxylamine groups is 1. The van der Waals surface area contributed by atoms with E-state index >= 15 is 0 Å². The second kappa shape index (κ2) is 17.1. The zero-order valence-electron chi connectivity index (χ0n) is 25.9. The Kier molecular flexibility index (Phi) is 12.4. The van der Waals surface area contributed by atoms with Crippen LogP contribution in [0.15, 0.2) is 102 Å². The first-order valence-corrected chi connectivity index (χ1v) is 16.6. The average molecular weight is 658 g/mol. The molecular formula is C36H39N3O7S. The molecule has 0 unspecified atom stereocenters. The van der Waals surface area contributed by atoms with Crippen molar-refractivity contribution < 1.29 is 34.1 Å². The van der Waals surface area contributed by atoms with Gasteiger partial charge in [0.1, 0.15) is 0 Å². The summed E-state index contributed by atoms with van der Waals surface area (Å²) in [4.78, 5) is 23.4. The number of aromatic nitrogens is 1. The van der Waals surface area contributed by atoms with E-state index in [9.17, 15) is 19.9 Å². The van der Waals surface area contributed by atoms with E-state index in [1.54, 1.807) is 17.6 Å². The molecule has 1 fully saturated rings. The molecule has 0 spiro atoms. The summed E-state index contributed by atoms with van der Waals surface area (Å²) in [6, 6.07) is 29.1. The monoisotopic (exact) mass is 657 g/mol. The molecule has 0 aliphatic carbocycles. The van der Waals surface area contributed by atoms with Crippen molar-refractivity contribution in [2.45, 2.75) is 68.8 Å². The number of carbonyl (C=O) groups is 2. The molecule has 1 aliphatic rings. The Morgan fingerprint density at radius 2 is 1.60 bits per heavy atom. The van der Waals surface area contributed by atoms with E-state index in [4.69, 9.17) is 14.7 Å². The Balaban J connectivity index is 1.27. The molecule has 1 aromatic heterocycles. The number of hydrogen-bond donors (Lipinski definition) is 4. The van der Waals surface area contributed by atoms with Crippen molar-refractivity contribution in [3.05, 3.63) is 125 Å². The van der Waals surface area contributed by atoms with Gasteiger partial charge in [0, 0.05) is 49.3 Å². The van der Waals surface area contributed by atoms with Gasteiger partial charge in [0.05, 0.1) is 18.8 Å².